The summed E-state index contributed by atoms with van der Waals surface area (Å²) in [5, 5.41) is 13.2. The zero-order valence-electron chi connectivity index (χ0n) is 18.5. The number of hydrogen-bond acceptors (Lipinski definition) is 7. The molecule has 0 aliphatic rings. The van der Waals surface area contributed by atoms with Crippen LogP contribution in [0.15, 0.2) is 57.0 Å². The van der Waals surface area contributed by atoms with E-state index in [0.717, 1.165) is 18.8 Å². The van der Waals surface area contributed by atoms with Gasteiger partial charge in [0, 0.05) is 19.7 Å². The van der Waals surface area contributed by atoms with E-state index in [2.05, 4.69) is 29.0 Å². The zero-order chi connectivity index (χ0) is 22.9. The maximum Gasteiger partial charge on any atom is 0.262 e. The van der Waals surface area contributed by atoms with Crippen molar-refractivity contribution >= 4 is 28.6 Å². The molecule has 2 heterocycles. The minimum Gasteiger partial charge on any atom is -0.468 e. The molecule has 2 aromatic heterocycles. The molecule has 1 unspecified atom stereocenters. The Morgan fingerprint density at radius 1 is 1.25 bits per heavy atom. The summed E-state index contributed by atoms with van der Waals surface area (Å²) in [6.07, 6.45) is 2.08. The molecule has 0 spiro atoms. The lowest BCUT2D eigenvalue weighted by atomic mass is 10.2. The first kappa shape index (κ1) is 24.0. The topological polar surface area (TPSA) is 101 Å². The predicted molar refractivity (Wildman–Crippen MR) is 126 cm³/mol. The van der Waals surface area contributed by atoms with E-state index < -0.39 is 0 Å². The van der Waals surface area contributed by atoms with Crippen LogP contribution in [-0.2, 0) is 11.3 Å². The molecule has 1 atom stereocenters. The van der Waals surface area contributed by atoms with Gasteiger partial charge in [-0.3, -0.25) is 19.1 Å². The van der Waals surface area contributed by atoms with Gasteiger partial charge in [0.1, 0.15) is 5.76 Å². The smallest absolute Gasteiger partial charge is 0.262 e. The molecule has 0 saturated heterocycles. The van der Waals surface area contributed by atoms with Crippen molar-refractivity contribution in [2.75, 3.05) is 32.0 Å². The number of rotatable bonds is 12. The number of aliphatic hydroxyl groups excluding tert-OH is 1. The maximum atomic E-state index is 12.9. The van der Waals surface area contributed by atoms with Gasteiger partial charge in [0.05, 0.1) is 29.0 Å². The lowest BCUT2D eigenvalue weighted by Gasteiger charge is -2.28. The number of thioether (sulfide) groups is 1. The average molecular weight is 459 g/mol. The van der Waals surface area contributed by atoms with Crippen LogP contribution in [-0.4, -0.2) is 57.5 Å². The molecule has 2 N–H and O–H groups in total. The third-order valence-electron chi connectivity index (χ3n) is 5.32. The van der Waals surface area contributed by atoms with Crippen LogP contribution in [0.5, 0.6) is 0 Å². The molecule has 1 amide bonds. The number of carbonyl (C=O) groups is 1. The quantitative estimate of drug-likeness (QED) is 0.318. The molecule has 3 rings (SSSR count). The molecule has 0 radical (unpaired) electrons. The highest BCUT2D eigenvalue weighted by Gasteiger charge is 2.21. The number of amides is 1. The van der Waals surface area contributed by atoms with Crippen LogP contribution in [0.25, 0.3) is 10.9 Å². The molecule has 172 valence electrons. The fourth-order valence-electron chi connectivity index (χ4n) is 3.63. The number of nitrogens with zero attached hydrogens (tertiary/aromatic N) is 3. The van der Waals surface area contributed by atoms with Crippen molar-refractivity contribution in [3.63, 3.8) is 0 Å². The van der Waals surface area contributed by atoms with E-state index in [9.17, 15) is 14.7 Å². The first-order valence-corrected chi connectivity index (χ1v) is 11.8. The second kappa shape index (κ2) is 11.8. The molecule has 0 fully saturated rings. The molecule has 0 bridgehead atoms. The summed E-state index contributed by atoms with van der Waals surface area (Å²) in [5.41, 5.74) is 0.437. The number of carbonyl (C=O) groups excluding carboxylic acids is 1. The summed E-state index contributed by atoms with van der Waals surface area (Å²) in [7, 11) is 0. The Labute approximate surface area is 191 Å². The lowest BCUT2D eigenvalue weighted by molar-refractivity contribution is -0.118. The predicted octanol–water partition coefficient (Wildman–Crippen LogP) is 2.66. The van der Waals surface area contributed by atoms with E-state index in [-0.39, 0.29) is 29.9 Å². The Balaban J connectivity index is 1.70. The number of benzene rings is 1. The molecule has 32 heavy (non-hydrogen) atoms. The minimum absolute atomic E-state index is 0.0244. The van der Waals surface area contributed by atoms with Crippen LogP contribution < -0.4 is 10.9 Å². The first-order chi connectivity index (χ1) is 15.6. The second-order valence-electron chi connectivity index (χ2n) is 7.29. The van der Waals surface area contributed by atoms with Gasteiger partial charge in [0.15, 0.2) is 5.16 Å². The van der Waals surface area contributed by atoms with E-state index in [4.69, 9.17) is 4.42 Å². The van der Waals surface area contributed by atoms with Crippen LogP contribution in [0.4, 0.5) is 0 Å². The molecular weight excluding hydrogens is 428 g/mol. The van der Waals surface area contributed by atoms with Crippen molar-refractivity contribution in [1.82, 2.24) is 19.8 Å². The van der Waals surface area contributed by atoms with Gasteiger partial charge in [-0.05, 0) is 43.8 Å². The van der Waals surface area contributed by atoms with E-state index >= 15 is 0 Å². The largest absolute Gasteiger partial charge is 0.468 e. The van der Waals surface area contributed by atoms with Crippen molar-refractivity contribution < 1.29 is 14.3 Å². The van der Waals surface area contributed by atoms with Gasteiger partial charge < -0.3 is 14.8 Å². The summed E-state index contributed by atoms with van der Waals surface area (Å²) in [4.78, 5) is 32.3. The van der Waals surface area contributed by atoms with Crippen LogP contribution in [0.2, 0.25) is 0 Å². The Bertz CT molecular complexity index is 1060. The average Bonchev–Trinajstić information content (AvgIpc) is 3.34. The summed E-state index contributed by atoms with van der Waals surface area (Å²) >= 11 is 1.22. The summed E-state index contributed by atoms with van der Waals surface area (Å²) in [6.45, 7) is 6.58. The van der Waals surface area contributed by atoms with E-state index in [0.29, 0.717) is 35.6 Å². The molecule has 3 aromatic rings. The standard InChI is InChI=1S/C23H30N4O4S/c1-3-26(4-2)19(20-11-7-14-31-20)15-24-21(29)16-32-23-25-18-10-6-5-9-17(18)22(30)27(23)12-8-13-28/h5-7,9-11,14,19,28H,3-4,8,12-13,15-16H2,1-2H3,(H,24,29). The van der Waals surface area contributed by atoms with Crippen molar-refractivity contribution in [2.24, 2.45) is 0 Å². The van der Waals surface area contributed by atoms with Crippen LogP contribution in [0.3, 0.4) is 0 Å². The maximum absolute atomic E-state index is 12.9. The number of likely N-dealkylation sites (N-methyl/N-ethyl adjacent to an activating group) is 1. The van der Waals surface area contributed by atoms with Crippen molar-refractivity contribution in [3.8, 4) is 0 Å². The van der Waals surface area contributed by atoms with E-state index in [1.165, 1.54) is 16.3 Å². The summed E-state index contributed by atoms with van der Waals surface area (Å²) in [6, 6.07) is 10.9. The number of para-hydroxylation sites is 1. The van der Waals surface area contributed by atoms with Gasteiger partial charge >= 0.3 is 0 Å². The number of aliphatic hydroxyl groups is 1. The van der Waals surface area contributed by atoms with Crippen LogP contribution in [0.1, 0.15) is 32.1 Å². The minimum atomic E-state index is -0.161. The van der Waals surface area contributed by atoms with Gasteiger partial charge in [-0.1, -0.05) is 37.7 Å². The fourth-order valence-corrected chi connectivity index (χ4v) is 4.49. The summed E-state index contributed by atoms with van der Waals surface area (Å²) < 4.78 is 7.12. The molecule has 0 aliphatic carbocycles. The van der Waals surface area contributed by atoms with Gasteiger partial charge in [-0.2, -0.15) is 0 Å². The Kier molecular flexibility index (Phi) is 8.90. The number of hydrogen-bond donors (Lipinski definition) is 2. The van der Waals surface area contributed by atoms with Crippen molar-refractivity contribution in [2.45, 2.75) is 38.0 Å². The lowest BCUT2D eigenvalue weighted by Crippen LogP contribution is -2.38. The molecule has 9 heteroatoms. The number of fused-ring (bicyclic) bond motifs is 1. The van der Waals surface area contributed by atoms with Gasteiger partial charge in [-0.25, -0.2) is 4.98 Å². The fraction of sp³-hybridized carbons (Fsp3) is 0.435. The highest BCUT2D eigenvalue weighted by molar-refractivity contribution is 7.99. The molecule has 0 aliphatic heterocycles. The third-order valence-corrected chi connectivity index (χ3v) is 6.29. The normalized spacial score (nSPS) is 12.4. The highest BCUT2D eigenvalue weighted by Crippen LogP contribution is 2.21. The van der Waals surface area contributed by atoms with E-state index in [1.807, 2.05) is 18.2 Å². The third kappa shape index (κ3) is 5.79. The first-order valence-electron chi connectivity index (χ1n) is 10.9. The van der Waals surface area contributed by atoms with E-state index in [1.54, 1.807) is 24.5 Å². The van der Waals surface area contributed by atoms with Crippen molar-refractivity contribution in [1.29, 1.82) is 0 Å². The molecule has 8 nitrogen and oxygen atoms in total. The number of nitrogens with one attached hydrogen (secondary N) is 1. The number of furan rings is 1. The molecule has 0 saturated carbocycles. The Hall–Kier alpha value is -2.62. The SMILES string of the molecule is CCN(CC)C(CNC(=O)CSc1nc2ccccc2c(=O)n1CCCO)c1ccco1. The zero-order valence-corrected chi connectivity index (χ0v) is 19.3. The van der Waals surface area contributed by atoms with Crippen LogP contribution >= 0.6 is 11.8 Å². The molecule has 1 aromatic carbocycles. The highest BCUT2D eigenvalue weighted by atomic mass is 32.2. The number of aromatic nitrogens is 2. The van der Waals surface area contributed by atoms with Gasteiger partial charge in [-0.15, -0.1) is 0 Å². The monoisotopic (exact) mass is 458 g/mol. The Morgan fingerprint density at radius 2 is 2.03 bits per heavy atom. The van der Waals surface area contributed by atoms with Crippen molar-refractivity contribution in [3.05, 3.63) is 58.8 Å². The second-order valence-corrected chi connectivity index (χ2v) is 8.23. The Morgan fingerprint density at radius 3 is 2.72 bits per heavy atom. The molecular formula is C23H30N4O4S. The van der Waals surface area contributed by atoms with Gasteiger partial charge in [0.2, 0.25) is 5.91 Å². The van der Waals surface area contributed by atoms with Gasteiger partial charge in [0.25, 0.3) is 5.56 Å². The van der Waals surface area contributed by atoms with Crippen LogP contribution in [0, 0.1) is 0 Å². The summed E-state index contributed by atoms with van der Waals surface area (Å²) in [5.74, 6) is 0.804.